The second-order valence-corrected chi connectivity index (χ2v) is 5.69. The molecule has 2 aromatic rings. The summed E-state index contributed by atoms with van der Waals surface area (Å²) in [6.07, 6.45) is 2.41. The van der Waals surface area contributed by atoms with E-state index in [0.717, 1.165) is 12.0 Å². The zero-order valence-electron chi connectivity index (χ0n) is 10.7. The highest BCUT2D eigenvalue weighted by Gasteiger charge is 2.09. The Balaban J connectivity index is 1.97. The average molecular weight is 281 g/mol. The first-order chi connectivity index (χ1) is 9.19. The molecule has 0 amide bonds. The van der Waals surface area contributed by atoms with Gasteiger partial charge in [-0.3, -0.25) is 0 Å². The SMILES string of the molecule is CC(CCO)SCc1ncc(-c2ccc(F)cc2)o1. The van der Waals surface area contributed by atoms with Gasteiger partial charge >= 0.3 is 0 Å². The van der Waals surface area contributed by atoms with Gasteiger partial charge in [-0.15, -0.1) is 11.8 Å². The molecular formula is C14H16FNO2S. The zero-order chi connectivity index (χ0) is 13.7. The Morgan fingerprint density at radius 1 is 1.37 bits per heavy atom. The first kappa shape index (κ1) is 14.1. The van der Waals surface area contributed by atoms with E-state index >= 15 is 0 Å². The topological polar surface area (TPSA) is 46.3 Å². The molecule has 0 aliphatic carbocycles. The second-order valence-electron chi connectivity index (χ2n) is 4.26. The fourth-order valence-electron chi connectivity index (χ4n) is 1.60. The number of nitrogens with zero attached hydrogens (tertiary/aromatic N) is 1. The Labute approximate surface area is 115 Å². The van der Waals surface area contributed by atoms with E-state index in [1.807, 2.05) is 0 Å². The van der Waals surface area contributed by atoms with Crippen LogP contribution >= 0.6 is 11.8 Å². The fourth-order valence-corrected chi connectivity index (χ4v) is 2.44. The quantitative estimate of drug-likeness (QED) is 0.880. The van der Waals surface area contributed by atoms with E-state index in [1.54, 1.807) is 30.1 Å². The molecular weight excluding hydrogens is 265 g/mol. The van der Waals surface area contributed by atoms with Gasteiger partial charge in [-0.05, 0) is 30.7 Å². The number of benzene rings is 1. The van der Waals surface area contributed by atoms with Crippen LogP contribution in [-0.2, 0) is 5.75 Å². The number of halogens is 1. The minimum atomic E-state index is -0.267. The molecule has 0 saturated heterocycles. The fraction of sp³-hybridized carbons (Fsp3) is 0.357. The lowest BCUT2D eigenvalue weighted by Gasteiger charge is -2.06. The van der Waals surface area contributed by atoms with Gasteiger partial charge in [-0.2, -0.15) is 0 Å². The van der Waals surface area contributed by atoms with E-state index in [2.05, 4.69) is 11.9 Å². The number of thioether (sulfide) groups is 1. The van der Waals surface area contributed by atoms with E-state index in [1.165, 1.54) is 12.1 Å². The Morgan fingerprint density at radius 2 is 2.11 bits per heavy atom. The molecule has 0 fully saturated rings. The van der Waals surface area contributed by atoms with E-state index in [-0.39, 0.29) is 12.4 Å². The largest absolute Gasteiger partial charge is 0.440 e. The van der Waals surface area contributed by atoms with E-state index < -0.39 is 0 Å². The number of rotatable bonds is 6. The lowest BCUT2D eigenvalue weighted by atomic mass is 10.2. The standard InChI is InChI=1S/C14H16FNO2S/c1-10(6-7-17)19-9-14-16-8-13(18-14)11-2-4-12(15)5-3-11/h2-5,8,10,17H,6-7,9H2,1H3. The monoisotopic (exact) mass is 281 g/mol. The molecule has 1 aromatic heterocycles. The van der Waals surface area contributed by atoms with Crippen LogP contribution in [0, 0.1) is 5.82 Å². The van der Waals surface area contributed by atoms with Crippen LogP contribution in [0.25, 0.3) is 11.3 Å². The van der Waals surface area contributed by atoms with Gasteiger partial charge in [0.2, 0.25) is 5.89 Å². The molecule has 19 heavy (non-hydrogen) atoms. The number of hydrogen-bond acceptors (Lipinski definition) is 4. The summed E-state index contributed by atoms with van der Waals surface area (Å²) in [5.41, 5.74) is 0.813. The highest BCUT2D eigenvalue weighted by Crippen LogP contribution is 2.24. The van der Waals surface area contributed by atoms with Crippen molar-refractivity contribution in [3.8, 4) is 11.3 Å². The Morgan fingerprint density at radius 3 is 2.79 bits per heavy atom. The van der Waals surface area contributed by atoms with Crippen LogP contribution in [0.2, 0.25) is 0 Å². The van der Waals surface area contributed by atoms with E-state index in [9.17, 15) is 4.39 Å². The Bertz CT molecular complexity index is 512. The molecule has 102 valence electrons. The van der Waals surface area contributed by atoms with E-state index in [4.69, 9.17) is 9.52 Å². The highest BCUT2D eigenvalue weighted by molar-refractivity contribution is 7.99. The van der Waals surface area contributed by atoms with Gasteiger partial charge in [0.1, 0.15) is 5.82 Å². The minimum Gasteiger partial charge on any atom is -0.440 e. The summed E-state index contributed by atoms with van der Waals surface area (Å²) in [7, 11) is 0. The molecule has 5 heteroatoms. The van der Waals surface area contributed by atoms with E-state index in [0.29, 0.717) is 22.7 Å². The van der Waals surface area contributed by atoms with Crippen LogP contribution in [0.3, 0.4) is 0 Å². The minimum absolute atomic E-state index is 0.195. The molecule has 1 atom stereocenters. The summed E-state index contributed by atoms with van der Waals surface area (Å²) in [5.74, 6) is 1.69. The third-order valence-corrected chi connectivity index (χ3v) is 3.93. The summed E-state index contributed by atoms with van der Waals surface area (Å²) >= 11 is 1.69. The molecule has 0 saturated carbocycles. The molecule has 3 nitrogen and oxygen atoms in total. The lowest BCUT2D eigenvalue weighted by molar-refractivity contribution is 0.289. The van der Waals surface area contributed by atoms with Crippen molar-refractivity contribution in [2.75, 3.05) is 6.61 Å². The number of aromatic nitrogens is 1. The summed E-state index contributed by atoms with van der Waals surface area (Å²) in [4.78, 5) is 4.20. The van der Waals surface area contributed by atoms with Crippen LogP contribution in [0.4, 0.5) is 4.39 Å². The molecule has 0 bridgehead atoms. The number of hydrogen-bond donors (Lipinski definition) is 1. The van der Waals surface area contributed by atoms with Crippen LogP contribution in [0.15, 0.2) is 34.9 Å². The normalized spacial score (nSPS) is 12.6. The first-order valence-corrected chi connectivity index (χ1v) is 7.17. The van der Waals surface area contributed by atoms with Crippen molar-refractivity contribution in [2.45, 2.75) is 24.3 Å². The molecule has 2 rings (SSSR count). The molecule has 1 heterocycles. The maximum Gasteiger partial charge on any atom is 0.204 e. The van der Waals surface area contributed by atoms with Gasteiger partial charge in [0.25, 0.3) is 0 Å². The molecule has 0 spiro atoms. The summed E-state index contributed by atoms with van der Waals surface area (Å²) in [5, 5.41) is 9.19. The van der Waals surface area contributed by atoms with Crippen LogP contribution in [0.5, 0.6) is 0 Å². The first-order valence-electron chi connectivity index (χ1n) is 6.12. The maximum absolute atomic E-state index is 12.8. The van der Waals surface area contributed by atoms with Crippen molar-refractivity contribution in [1.82, 2.24) is 4.98 Å². The maximum atomic E-state index is 12.8. The van der Waals surface area contributed by atoms with Crippen molar-refractivity contribution >= 4 is 11.8 Å². The zero-order valence-corrected chi connectivity index (χ0v) is 11.5. The smallest absolute Gasteiger partial charge is 0.204 e. The third-order valence-electron chi connectivity index (χ3n) is 2.71. The summed E-state index contributed by atoms with van der Waals surface area (Å²) in [6, 6.07) is 6.13. The average Bonchev–Trinajstić information content (AvgIpc) is 2.86. The number of aliphatic hydroxyl groups is 1. The van der Waals surface area contributed by atoms with Gasteiger partial charge < -0.3 is 9.52 Å². The Kier molecular flexibility index (Phi) is 4.99. The molecule has 0 aliphatic heterocycles. The molecule has 1 aromatic carbocycles. The van der Waals surface area contributed by atoms with Gasteiger partial charge in [-0.1, -0.05) is 6.92 Å². The Hall–Kier alpha value is -1.33. The summed E-state index contributed by atoms with van der Waals surface area (Å²) in [6.45, 7) is 2.26. The van der Waals surface area contributed by atoms with Gasteiger partial charge in [-0.25, -0.2) is 9.37 Å². The van der Waals surface area contributed by atoms with Crippen molar-refractivity contribution < 1.29 is 13.9 Å². The van der Waals surface area contributed by atoms with Crippen LogP contribution in [-0.4, -0.2) is 21.9 Å². The van der Waals surface area contributed by atoms with Crippen LogP contribution in [0.1, 0.15) is 19.2 Å². The van der Waals surface area contributed by atoms with Gasteiger partial charge in [0.15, 0.2) is 5.76 Å². The molecule has 0 aliphatic rings. The van der Waals surface area contributed by atoms with Crippen molar-refractivity contribution in [3.63, 3.8) is 0 Å². The predicted molar refractivity (Wildman–Crippen MR) is 74.4 cm³/mol. The third kappa shape index (κ3) is 4.08. The number of aliphatic hydroxyl groups excluding tert-OH is 1. The lowest BCUT2D eigenvalue weighted by Crippen LogP contribution is -1.99. The van der Waals surface area contributed by atoms with Crippen molar-refractivity contribution in [2.24, 2.45) is 0 Å². The molecule has 1 unspecified atom stereocenters. The second kappa shape index (κ2) is 6.73. The number of oxazole rings is 1. The van der Waals surface area contributed by atoms with Gasteiger partial charge in [0, 0.05) is 17.4 Å². The van der Waals surface area contributed by atoms with Crippen LogP contribution < -0.4 is 0 Å². The predicted octanol–water partition coefficient (Wildman–Crippen LogP) is 3.48. The summed E-state index contributed by atoms with van der Waals surface area (Å²) < 4.78 is 18.4. The van der Waals surface area contributed by atoms with Crippen molar-refractivity contribution in [3.05, 3.63) is 42.2 Å². The molecule has 0 radical (unpaired) electrons. The highest BCUT2D eigenvalue weighted by atomic mass is 32.2. The molecule has 1 N–H and O–H groups in total. The van der Waals surface area contributed by atoms with Crippen molar-refractivity contribution in [1.29, 1.82) is 0 Å². The van der Waals surface area contributed by atoms with Gasteiger partial charge in [0.05, 0.1) is 11.9 Å².